The Hall–Kier alpha value is -2.87. The van der Waals surface area contributed by atoms with Crippen LogP contribution in [-0.2, 0) is 21.4 Å². The monoisotopic (exact) mass is 332 g/mol. The highest BCUT2D eigenvalue weighted by molar-refractivity contribution is 5.95. The van der Waals surface area contributed by atoms with Gasteiger partial charge in [0.25, 0.3) is 0 Å². The van der Waals surface area contributed by atoms with Crippen molar-refractivity contribution in [1.29, 1.82) is 0 Å². The highest BCUT2D eigenvalue weighted by Crippen LogP contribution is 2.18. The van der Waals surface area contributed by atoms with Gasteiger partial charge in [0.05, 0.1) is 13.3 Å². The summed E-state index contributed by atoms with van der Waals surface area (Å²) in [5.74, 6) is -0.148. The van der Waals surface area contributed by atoms with Gasteiger partial charge in [0.15, 0.2) is 6.61 Å². The number of aryl methyl sites for hydroxylation is 1. The van der Waals surface area contributed by atoms with Crippen molar-refractivity contribution in [2.24, 2.45) is 7.05 Å². The molecule has 0 saturated carbocycles. The number of esters is 1. The molecule has 2 rings (SSSR count). The van der Waals surface area contributed by atoms with Gasteiger partial charge in [-0.2, -0.15) is 5.10 Å². The Morgan fingerprint density at radius 3 is 2.54 bits per heavy atom. The van der Waals surface area contributed by atoms with Crippen molar-refractivity contribution in [2.45, 2.75) is 6.04 Å². The molecule has 24 heavy (non-hydrogen) atoms. The fraction of sp³-hybridized carbons (Fsp3) is 0.312. The SMILES string of the molecule is CNC(C(=O)Nc1ccc(OCC(=O)OC)cc1)c1cnn(C)c1. The van der Waals surface area contributed by atoms with Crippen molar-refractivity contribution >= 4 is 17.6 Å². The third-order valence-corrected chi connectivity index (χ3v) is 3.32. The van der Waals surface area contributed by atoms with Gasteiger partial charge in [0.1, 0.15) is 11.8 Å². The van der Waals surface area contributed by atoms with Crippen LogP contribution in [0.2, 0.25) is 0 Å². The minimum atomic E-state index is -0.506. The van der Waals surface area contributed by atoms with Crippen LogP contribution in [0.25, 0.3) is 0 Å². The van der Waals surface area contributed by atoms with E-state index in [0.29, 0.717) is 11.4 Å². The van der Waals surface area contributed by atoms with E-state index in [1.165, 1.54) is 7.11 Å². The lowest BCUT2D eigenvalue weighted by atomic mass is 10.1. The third kappa shape index (κ3) is 4.56. The second-order valence-corrected chi connectivity index (χ2v) is 5.05. The highest BCUT2D eigenvalue weighted by Gasteiger charge is 2.20. The molecule has 0 aliphatic rings. The summed E-state index contributed by atoms with van der Waals surface area (Å²) < 4.78 is 11.4. The maximum Gasteiger partial charge on any atom is 0.343 e. The average Bonchev–Trinajstić information content (AvgIpc) is 3.00. The first kappa shape index (κ1) is 17.5. The molecule has 1 unspecified atom stereocenters. The Morgan fingerprint density at radius 1 is 1.29 bits per heavy atom. The molecule has 0 aliphatic carbocycles. The molecule has 0 saturated heterocycles. The number of nitrogens with one attached hydrogen (secondary N) is 2. The predicted molar refractivity (Wildman–Crippen MR) is 87.6 cm³/mol. The van der Waals surface area contributed by atoms with Crippen molar-refractivity contribution < 1.29 is 19.1 Å². The van der Waals surface area contributed by atoms with Gasteiger partial charge in [0.2, 0.25) is 5.91 Å². The second kappa shape index (κ2) is 8.11. The maximum atomic E-state index is 12.4. The first-order chi connectivity index (χ1) is 11.5. The van der Waals surface area contributed by atoms with Crippen molar-refractivity contribution in [3.8, 4) is 5.75 Å². The second-order valence-electron chi connectivity index (χ2n) is 5.05. The minimum absolute atomic E-state index is 0.162. The van der Waals surface area contributed by atoms with E-state index in [1.807, 2.05) is 0 Å². The molecule has 2 N–H and O–H groups in total. The van der Waals surface area contributed by atoms with Gasteiger partial charge in [0, 0.05) is 24.5 Å². The van der Waals surface area contributed by atoms with E-state index < -0.39 is 12.0 Å². The molecule has 1 aromatic carbocycles. The number of carbonyl (C=O) groups excluding carboxylic acids is 2. The van der Waals surface area contributed by atoms with Crippen LogP contribution >= 0.6 is 0 Å². The van der Waals surface area contributed by atoms with E-state index in [9.17, 15) is 9.59 Å². The largest absolute Gasteiger partial charge is 0.482 e. The smallest absolute Gasteiger partial charge is 0.343 e. The van der Waals surface area contributed by atoms with Gasteiger partial charge >= 0.3 is 5.97 Å². The molecule has 8 heteroatoms. The van der Waals surface area contributed by atoms with E-state index in [0.717, 1.165) is 5.56 Å². The lowest BCUT2D eigenvalue weighted by Crippen LogP contribution is -2.30. The number of methoxy groups -OCH3 is 1. The molecule has 8 nitrogen and oxygen atoms in total. The fourth-order valence-corrected chi connectivity index (χ4v) is 2.09. The Labute approximate surface area is 139 Å². The van der Waals surface area contributed by atoms with E-state index in [1.54, 1.807) is 55.4 Å². The van der Waals surface area contributed by atoms with Crippen molar-refractivity contribution in [1.82, 2.24) is 15.1 Å². The van der Waals surface area contributed by atoms with Gasteiger partial charge in [-0.25, -0.2) is 4.79 Å². The topological polar surface area (TPSA) is 94.5 Å². The number of hydrogen-bond donors (Lipinski definition) is 2. The number of hydrogen-bond acceptors (Lipinski definition) is 6. The number of ether oxygens (including phenoxy) is 2. The number of amides is 1. The average molecular weight is 332 g/mol. The number of benzene rings is 1. The van der Waals surface area contributed by atoms with Crippen LogP contribution in [0.4, 0.5) is 5.69 Å². The van der Waals surface area contributed by atoms with Crippen LogP contribution in [0, 0.1) is 0 Å². The minimum Gasteiger partial charge on any atom is -0.482 e. The zero-order chi connectivity index (χ0) is 17.5. The number of anilines is 1. The van der Waals surface area contributed by atoms with Crippen LogP contribution < -0.4 is 15.4 Å². The molecule has 1 atom stereocenters. The molecule has 0 aliphatic heterocycles. The summed E-state index contributed by atoms with van der Waals surface area (Å²) >= 11 is 0. The molecule has 2 aromatic rings. The molecule has 0 spiro atoms. The molecule has 1 aromatic heterocycles. The van der Waals surface area contributed by atoms with E-state index in [2.05, 4.69) is 20.5 Å². The van der Waals surface area contributed by atoms with E-state index >= 15 is 0 Å². The summed E-state index contributed by atoms with van der Waals surface area (Å²) in [5, 5.41) is 9.85. The standard InChI is InChI=1S/C16H20N4O4/c1-17-15(11-8-18-20(2)9-11)16(22)19-12-4-6-13(7-5-12)24-10-14(21)23-3/h4-9,15,17H,10H2,1-3H3,(H,19,22). The Kier molecular flexibility index (Phi) is 5.91. The highest BCUT2D eigenvalue weighted by atomic mass is 16.6. The fourth-order valence-electron chi connectivity index (χ4n) is 2.09. The normalized spacial score (nSPS) is 11.6. The zero-order valence-electron chi connectivity index (χ0n) is 13.8. The van der Waals surface area contributed by atoms with Crippen LogP contribution in [0.15, 0.2) is 36.7 Å². The molecule has 0 bridgehead atoms. The maximum absolute atomic E-state index is 12.4. The third-order valence-electron chi connectivity index (χ3n) is 3.32. The van der Waals surface area contributed by atoms with Crippen molar-refractivity contribution in [3.63, 3.8) is 0 Å². The summed E-state index contributed by atoms with van der Waals surface area (Å²) in [6.07, 6.45) is 3.43. The van der Waals surface area contributed by atoms with Gasteiger partial charge in [-0.3, -0.25) is 9.48 Å². The summed E-state index contributed by atoms with van der Waals surface area (Å²) in [6, 6.07) is 6.21. The van der Waals surface area contributed by atoms with Crippen molar-refractivity contribution in [2.75, 3.05) is 26.1 Å². The van der Waals surface area contributed by atoms with Crippen molar-refractivity contribution in [3.05, 3.63) is 42.2 Å². The molecule has 1 heterocycles. The van der Waals surface area contributed by atoms with Gasteiger partial charge in [-0.15, -0.1) is 0 Å². The Balaban J connectivity index is 1.97. The quantitative estimate of drug-likeness (QED) is 0.731. The summed E-state index contributed by atoms with van der Waals surface area (Å²) in [6.45, 7) is -0.162. The molecule has 128 valence electrons. The van der Waals surface area contributed by atoms with Gasteiger partial charge in [-0.05, 0) is 31.3 Å². The molecule has 0 radical (unpaired) electrons. The molecule has 1 amide bonds. The Morgan fingerprint density at radius 2 is 2.00 bits per heavy atom. The first-order valence-corrected chi connectivity index (χ1v) is 7.30. The van der Waals surface area contributed by atoms with E-state index in [-0.39, 0.29) is 12.5 Å². The molecule has 0 fully saturated rings. The van der Waals surface area contributed by atoms with Crippen LogP contribution in [-0.4, -0.2) is 42.4 Å². The first-order valence-electron chi connectivity index (χ1n) is 7.30. The van der Waals surface area contributed by atoms with Gasteiger partial charge < -0.3 is 20.1 Å². The van der Waals surface area contributed by atoms with Crippen LogP contribution in [0.5, 0.6) is 5.75 Å². The number of rotatable bonds is 7. The predicted octanol–water partition coefficient (Wildman–Crippen LogP) is 0.871. The number of nitrogens with zero attached hydrogens (tertiary/aromatic N) is 2. The molecular weight excluding hydrogens is 312 g/mol. The Bertz CT molecular complexity index is 696. The van der Waals surface area contributed by atoms with E-state index in [4.69, 9.17) is 4.74 Å². The number of aromatic nitrogens is 2. The summed E-state index contributed by atoms with van der Waals surface area (Å²) in [4.78, 5) is 23.4. The lowest BCUT2D eigenvalue weighted by Gasteiger charge is -2.14. The summed E-state index contributed by atoms with van der Waals surface area (Å²) in [5.41, 5.74) is 1.39. The van der Waals surface area contributed by atoms with Crippen LogP contribution in [0.3, 0.4) is 0 Å². The zero-order valence-corrected chi connectivity index (χ0v) is 13.8. The van der Waals surface area contributed by atoms with Crippen LogP contribution in [0.1, 0.15) is 11.6 Å². The lowest BCUT2D eigenvalue weighted by molar-refractivity contribution is -0.142. The number of carbonyl (C=O) groups is 2. The number of likely N-dealkylation sites (N-methyl/N-ethyl adjacent to an activating group) is 1. The molecular formula is C16H20N4O4. The summed E-state index contributed by atoms with van der Waals surface area (Å²) in [7, 11) is 4.80. The van der Waals surface area contributed by atoms with Gasteiger partial charge in [-0.1, -0.05) is 0 Å².